The van der Waals surface area contributed by atoms with E-state index >= 15 is 0 Å². The molecule has 170 valence electrons. The third-order valence-corrected chi connectivity index (χ3v) is 6.86. The maximum atomic E-state index is 5.80. The van der Waals surface area contributed by atoms with Gasteiger partial charge in [-0.05, 0) is 37.1 Å². The molecule has 33 heavy (non-hydrogen) atoms. The zero-order valence-corrected chi connectivity index (χ0v) is 20.8. The molecule has 0 N–H and O–H groups in total. The van der Waals surface area contributed by atoms with Gasteiger partial charge in [0.1, 0.15) is 10.8 Å². The molecule has 2 aromatic heterocycles. The highest BCUT2D eigenvalue weighted by molar-refractivity contribution is 7.98. The first-order valence-corrected chi connectivity index (χ1v) is 12.8. The van der Waals surface area contributed by atoms with Gasteiger partial charge in [0.15, 0.2) is 11.0 Å². The molecule has 0 aliphatic heterocycles. The van der Waals surface area contributed by atoms with E-state index in [1.807, 2.05) is 30.3 Å². The van der Waals surface area contributed by atoms with E-state index in [0.717, 1.165) is 44.3 Å². The Kier molecular flexibility index (Phi) is 7.62. The number of rotatable bonds is 10. The Balaban J connectivity index is 1.47. The van der Waals surface area contributed by atoms with Crippen LogP contribution in [-0.2, 0) is 12.3 Å². The third kappa shape index (κ3) is 5.92. The first-order valence-electron chi connectivity index (χ1n) is 10.9. The number of hydrogen-bond donors (Lipinski definition) is 0. The summed E-state index contributed by atoms with van der Waals surface area (Å²) in [5.41, 5.74) is 4.45. The van der Waals surface area contributed by atoms with Crippen molar-refractivity contribution in [3.05, 3.63) is 77.8 Å². The van der Waals surface area contributed by atoms with Gasteiger partial charge in [0.05, 0.1) is 12.3 Å². The van der Waals surface area contributed by atoms with Gasteiger partial charge >= 0.3 is 0 Å². The predicted molar refractivity (Wildman–Crippen MR) is 138 cm³/mol. The van der Waals surface area contributed by atoms with Gasteiger partial charge in [0, 0.05) is 28.8 Å². The van der Waals surface area contributed by atoms with Gasteiger partial charge in [-0.3, -0.25) is 4.57 Å². The second kappa shape index (κ2) is 10.8. The van der Waals surface area contributed by atoms with Crippen LogP contribution in [0.2, 0.25) is 0 Å². The Hall–Kier alpha value is -2.90. The molecular formula is C26H28N4OS2. The summed E-state index contributed by atoms with van der Waals surface area (Å²) in [7, 11) is 0. The van der Waals surface area contributed by atoms with Gasteiger partial charge < -0.3 is 4.74 Å². The number of allylic oxidation sites excluding steroid dienone is 1. The normalized spacial score (nSPS) is 11.2. The summed E-state index contributed by atoms with van der Waals surface area (Å²) in [4.78, 5) is 4.81. The number of aryl methyl sites for hydroxylation is 1. The summed E-state index contributed by atoms with van der Waals surface area (Å²) >= 11 is 3.31. The van der Waals surface area contributed by atoms with Crippen molar-refractivity contribution in [3.8, 4) is 27.7 Å². The average molecular weight is 477 g/mol. The average Bonchev–Trinajstić information content (AvgIpc) is 3.45. The molecule has 4 aromatic rings. The topological polar surface area (TPSA) is 52.8 Å². The van der Waals surface area contributed by atoms with Crippen LogP contribution in [0.15, 0.2) is 71.7 Å². The number of thiazole rings is 1. The highest BCUT2D eigenvalue weighted by atomic mass is 32.2. The zero-order chi connectivity index (χ0) is 23.2. The van der Waals surface area contributed by atoms with Crippen LogP contribution in [0.5, 0.6) is 5.75 Å². The molecule has 5 nitrogen and oxygen atoms in total. The van der Waals surface area contributed by atoms with Gasteiger partial charge in [-0.15, -0.1) is 28.1 Å². The van der Waals surface area contributed by atoms with Crippen LogP contribution in [0.4, 0.5) is 0 Å². The van der Waals surface area contributed by atoms with Crippen LogP contribution in [0.1, 0.15) is 25.1 Å². The zero-order valence-electron chi connectivity index (χ0n) is 19.2. The molecule has 0 atom stereocenters. The smallest absolute Gasteiger partial charge is 0.192 e. The fourth-order valence-electron chi connectivity index (χ4n) is 3.21. The van der Waals surface area contributed by atoms with E-state index in [0.29, 0.717) is 19.1 Å². The summed E-state index contributed by atoms with van der Waals surface area (Å²) in [6.07, 6.45) is 1.87. The Morgan fingerprint density at radius 2 is 1.79 bits per heavy atom. The molecule has 7 heteroatoms. The lowest BCUT2D eigenvalue weighted by Crippen LogP contribution is -2.04. The lowest BCUT2D eigenvalue weighted by molar-refractivity contribution is 0.271. The minimum Gasteiger partial charge on any atom is -0.493 e. The Morgan fingerprint density at radius 1 is 1.06 bits per heavy atom. The lowest BCUT2D eigenvalue weighted by Gasteiger charge is -2.10. The number of ether oxygens (including phenoxy) is 1. The monoisotopic (exact) mass is 476 g/mol. The van der Waals surface area contributed by atoms with Gasteiger partial charge in [0.2, 0.25) is 0 Å². The Bertz CT molecular complexity index is 1190. The molecule has 0 bridgehead atoms. The maximum absolute atomic E-state index is 5.80. The van der Waals surface area contributed by atoms with E-state index in [1.165, 1.54) is 5.56 Å². The van der Waals surface area contributed by atoms with Gasteiger partial charge in [-0.2, -0.15) is 0 Å². The SMILES string of the molecule is C=CCn1c(SCc2csc(-c3ccc(C)cc3)n2)nnc1-c1ccc(OCC(C)C)cc1. The van der Waals surface area contributed by atoms with Crippen molar-refractivity contribution in [2.75, 3.05) is 6.61 Å². The van der Waals surface area contributed by atoms with Crippen LogP contribution >= 0.6 is 23.1 Å². The maximum Gasteiger partial charge on any atom is 0.192 e. The summed E-state index contributed by atoms with van der Waals surface area (Å²) < 4.78 is 7.89. The number of nitrogens with zero attached hydrogens (tertiary/aromatic N) is 4. The van der Waals surface area contributed by atoms with Gasteiger partial charge in [-0.1, -0.05) is 61.5 Å². The lowest BCUT2D eigenvalue weighted by atomic mass is 10.2. The summed E-state index contributed by atoms with van der Waals surface area (Å²) in [6.45, 7) is 11.6. The number of benzene rings is 2. The second-order valence-corrected chi connectivity index (χ2v) is 10.0. The molecular weight excluding hydrogens is 448 g/mol. The second-order valence-electron chi connectivity index (χ2n) is 8.23. The van der Waals surface area contributed by atoms with Crippen LogP contribution < -0.4 is 4.74 Å². The molecule has 2 heterocycles. The van der Waals surface area contributed by atoms with Crippen molar-refractivity contribution in [3.63, 3.8) is 0 Å². The molecule has 0 saturated heterocycles. The van der Waals surface area contributed by atoms with Crippen LogP contribution in [0.25, 0.3) is 22.0 Å². The molecule has 0 fully saturated rings. The summed E-state index contributed by atoms with van der Waals surface area (Å²) in [6, 6.07) is 16.5. The van der Waals surface area contributed by atoms with Crippen molar-refractivity contribution in [1.82, 2.24) is 19.7 Å². The molecule has 2 aromatic carbocycles. The van der Waals surface area contributed by atoms with E-state index in [-0.39, 0.29) is 0 Å². The molecule has 4 rings (SSSR count). The minimum atomic E-state index is 0.491. The standard InChI is InChI=1S/C26H28N4OS2/c1-5-14-30-24(20-10-12-23(13-11-20)31-15-18(2)3)28-29-26(30)33-17-22-16-32-25(27-22)21-8-6-19(4)7-9-21/h5-13,16,18H,1,14-15,17H2,2-4H3. The summed E-state index contributed by atoms with van der Waals surface area (Å²) in [5.74, 6) is 2.92. The van der Waals surface area contributed by atoms with E-state index in [1.54, 1.807) is 23.1 Å². The Morgan fingerprint density at radius 3 is 2.48 bits per heavy atom. The highest BCUT2D eigenvalue weighted by Gasteiger charge is 2.15. The molecule has 0 amide bonds. The van der Waals surface area contributed by atoms with Crippen LogP contribution in [-0.4, -0.2) is 26.4 Å². The molecule has 0 spiro atoms. The van der Waals surface area contributed by atoms with E-state index < -0.39 is 0 Å². The van der Waals surface area contributed by atoms with Crippen molar-refractivity contribution in [2.45, 2.75) is 38.2 Å². The van der Waals surface area contributed by atoms with Crippen LogP contribution in [0, 0.1) is 12.8 Å². The third-order valence-electron chi connectivity index (χ3n) is 4.92. The molecule has 0 radical (unpaired) electrons. The van der Waals surface area contributed by atoms with Crippen molar-refractivity contribution in [1.29, 1.82) is 0 Å². The highest BCUT2D eigenvalue weighted by Crippen LogP contribution is 2.30. The quantitative estimate of drug-likeness (QED) is 0.184. The number of thioether (sulfide) groups is 1. The first-order chi connectivity index (χ1) is 16.0. The first kappa shape index (κ1) is 23.3. The fourth-order valence-corrected chi connectivity index (χ4v) is 4.98. The molecule has 0 saturated carbocycles. The summed E-state index contributed by atoms with van der Waals surface area (Å²) in [5, 5.41) is 12.9. The molecule has 0 aliphatic rings. The van der Waals surface area contributed by atoms with Crippen LogP contribution in [0.3, 0.4) is 0 Å². The van der Waals surface area contributed by atoms with Crippen molar-refractivity contribution < 1.29 is 4.74 Å². The fraction of sp³-hybridized carbons (Fsp3) is 0.269. The number of hydrogen-bond acceptors (Lipinski definition) is 6. The van der Waals surface area contributed by atoms with E-state index in [9.17, 15) is 0 Å². The van der Waals surface area contributed by atoms with E-state index in [4.69, 9.17) is 9.72 Å². The van der Waals surface area contributed by atoms with Crippen molar-refractivity contribution in [2.24, 2.45) is 5.92 Å². The predicted octanol–water partition coefficient (Wildman–Crippen LogP) is 6.89. The minimum absolute atomic E-state index is 0.491. The molecule has 0 unspecified atom stereocenters. The largest absolute Gasteiger partial charge is 0.493 e. The molecule has 0 aliphatic carbocycles. The van der Waals surface area contributed by atoms with Crippen molar-refractivity contribution >= 4 is 23.1 Å². The van der Waals surface area contributed by atoms with E-state index in [2.05, 4.69) is 71.8 Å². The van der Waals surface area contributed by atoms with Gasteiger partial charge in [0.25, 0.3) is 0 Å². The van der Waals surface area contributed by atoms with Gasteiger partial charge in [-0.25, -0.2) is 4.98 Å². The number of aromatic nitrogens is 4. The Labute approximate surface area is 203 Å².